The van der Waals surface area contributed by atoms with Crippen LogP contribution in [0.4, 0.5) is 4.79 Å². The molecule has 6 nitrogen and oxygen atoms in total. The molecule has 19 heavy (non-hydrogen) atoms. The number of hydrogen-bond donors (Lipinski definition) is 1. The number of aliphatic hydroxyl groups is 1. The summed E-state index contributed by atoms with van der Waals surface area (Å²) in [5.74, 6) is 0.00275. The van der Waals surface area contributed by atoms with E-state index in [-0.39, 0.29) is 18.6 Å². The minimum absolute atomic E-state index is 0.00275. The van der Waals surface area contributed by atoms with Gasteiger partial charge in [-0.2, -0.15) is 0 Å². The van der Waals surface area contributed by atoms with E-state index in [4.69, 9.17) is 4.74 Å². The maximum atomic E-state index is 12.2. The quantitative estimate of drug-likeness (QED) is 0.831. The molecule has 1 aromatic heterocycles. The van der Waals surface area contributed by atoms with E-state index in [1.165, 1.54) is 0 Å². The van der Waals surface area contributed by atoms with Crippen molar-refractivity contribution in [3.8, 4) is 0 Å². The van der Waals surface area contributed by atoms with Crippen molar-refractivity contribution in [2.45, 2.75) is 39.5 Å². The molecule has 0 saturated heterocycles. The predicted molar refractivity (Wildman–Crippen MR) is 69.4 cm³/mol. The smallest absolute Gasteiger partial charge is 0.410 e. The molecule has 2 heterocycles. The van der Waals surface area contributed by atoms with Crippen molar-refractivity contribution in [2.24, 2.45) is 5.92 Å². The largest absolute Gasteiger partial charge is 0.444 e. The maximum Gasteiger partial charge on any atom is 0.410 e. The summed E-state index contributed by atoms with van der Waals surface area (Å²) in [6.45, 7) is 7.20. The minimum Gasteiger partial charge on any atom is -0.444 e. The van der Waals surface area contributed by atoms with E-state index in [1.807, 2.05) is 25.3 Å². The Labute approximate surface area is 113 Å². The van der Waals surface area contributed by atoms with E-state index in [9.17, 15) is 9.90 Å². The van der Waals surface area contributed by atoms with Crippen LogP contribution in [0.25, 0.3) is 0 Å². The van der Waals surface area contributed by atoms with Gasteiger partial charge in [-0.25, -0.2) is 9.78 Å². The lowest BCUT2D eigenvalue weighted by Gasteiger charge is -2.27. The zero-order valence-electron chi connectivity index (χ0n) is 11.7. The van der Waals surface area contributed by atoms with Crippen LogP contribution < -0.4 is 0 Å². The summed E-state index contributed by atoms with van der Waals surface area (Å²) in [7, 11) is 0. The van der Waals surface area contributed by atoms with E-state index in [1.54, 1.807) is 17.4 Å². The molecular formula is C13H21N3O3. The molecule has 106 valence electrons. The lowest BCUT2D eigenvalue weighted by Crippen LogP contribution is -2.39. The van der Waals surface area contributed by atoms with Gasteiger partial charge in [-0.05, 0) is 20.8 Å². The van der Waals surface area contributed by atoms with Gasteiger partial charge >= 0.3 is 6.09 Å². The zero-order chi connectivity index (χ0) is 14.0. The Morgan fingerprint density at radius 3 is 2.89 bits per heavy atom. The van der Waals surface area contributed by atoms with Gasteiger partial charge in [0.1, 0.15) is 5.60 Å². The monoisotopic (exact) mass is 267 g/mol. The summed E-state index contributed by atoms with van der Waals surface area (Å²) in [5.41, 5.74) is 0.444. The molecule has 0 saturated carbocycles. The molecule has 1 atom stereocenters. The molecule has 0 fully saturated rings. The molecule has 0 spiro atoms. The fourth-order valence-corrected chi connectivity index (χ4v) is 2.13. The Morgan fingerprint density at radius 2 is 2.26 bits per heavy atom. The molecule has 0 unspecified atom stereocenters. The fourth-order valence-electron chi connectivity index (χ4n) is 2.13. The second-order valence-corrected chi connectivity index (χ2v) is 5.95. The topological polar surface area (TPSA) is 67.6 Å². The first-order valence-corrected chi connectivity index (χ1v) is 6.47. The molecule has 2 rings (SSSR count). The third-order valence-electron chi connectivity index (χ3n) is 2.99. The van der Waals surface area contributed by atoms with Crippen molar-refractivity contribution in [2.75, 3.05) is 13.2 Å². The molecule has 1 aromatic rings. The molecular weight excluding hydrogens is 246 g/mol. The van der Waals surface area contributed by atoms with Crippen LogP contribution in [0.1, 0.15) is 26.5 Å². The van der Waals surface area contributed by atoms with Gasteiger partial charge < -0.3 is 19.3 Å². The van der Waals surface area contributed by atoms with Gasteiger partial charge in [0.2, 0.25) is 0 Å². The summed E-state index contributed by atoms with van der Waals surface area (Å²) < 4.78 is 7.37. The Kier molecular flexibility index (Phi) is 3.80. The second-order valence-electron chi connectivity index (χ2n) is 5.95. The highest BCUT2D eigenvalue weighted by Gasteiger charge is 2.28. The van der Waals surface area contributed by atoms with Crippen molar-refractivity contribution in [1.82, 2.24) is 14.5 Å². The number of ether oxygens (including phenoxy) is 1. The van der Waals surface area contributed by atoms with Crippen LogP contribution in [0, 0.1) is 5.92 Å². The maximum absolute atomic E-state index is 12.2. The molecule has 1 aliphatic heterocycles. The normalized spacial score (nSPS) is 19.8. The van der Waals surface area contributed by atoms with Crippen molar-refractivity contribution in [3.05, 3.63) is 18.2 Å². The fraction of sp³-hybridized carbons (Fsp3) is 0.692. The standard InChI is InChI=1S/C13H21N3O3/c1-13(2,3)19-12(18)15-5-10(8-17)6-16-9-14-4-11(16)7-15/h4,9-10,17H,5-8H2,1-3H3/t10-/m1/s1. The van der Waals surface area contributed by atoms with E-state index in [0.29, 0.717) is 19.6 Å². The lowest BCUT2D eigenvalue weighted by atomic mass is 10.1. The molecule has 0 aliphatic carbocycles. The molecule has 1 N–H and O–H groups in total. The second kappa shape index (κ2) is 5.21. The third kappa shape index (κ3) is 3.47. The highest BCUT2D eigenvalue weighted by atomic mass is 16.6. The molecule has 6 heteroatoms. The number of hydrogen-bond acceptors (Lipinski definition) is 4. The first-order valence-electron chi connectivity index (χ1n) is 6.47. The van der Waals surface area contributed by atoms with Crippen molar-refractivity contribution < 1.29 is 14.6 Å². The molecule has 1 aliphatic rings. The summed E-state index contributed by atoms with van der Waals surface area (Å²) in [6.07, 6.45) is 3.13. The van der Waals surface area contributed by atoms with E-state index >= 15 is 0 Å². The number of carbonyl (C=O) groups excluding carboxylic acids is 1. The van der Waals surface area contributed by atoms with Gasteiger partial charge in [0.05, 0.1) is 18.6 Å². The van der Waals surface area contributed by atoms with Crippen LogP contribution in [0.3, 0.4) is 0 Å². The predicted octanol–water partition coefficient (Wildman–Crippen LogP) is 1.24. The van der Waals surface area contributed by atoms with Gasteiger partial charge in [0.15, 0.2) is 0 Å². The van der Waals surface area contributed by atoms with Gasteiger partial charge in [-0.1, -0.05) is 0 Å². The molecule has 0 bridgehead atoms. The van der Waals surface area contributed by atoms with E-state index < -0.39 is 5.60 Å². The Morgan fingerprint density at radius 1 is 1.53 bits per heavy atom. The zero-order valence-corrected chi connectivity index (χ0v) is 11.7. The summed E-state index contributed by atoms with van der Waals surface area (Å²) >= 11 is 0. The van der Waals surface area contributed by atoms with Crippen LogP contribution in [0.2, 0.25) is 0 Å². The Hall–Kier alpha value is -1.56. The summed E-state index contributed by atoms with van der Waals surface area (Å²) in [6, 6.07) is 0. The number of nitrogens with zero attached hydrogens (tertiary/aromatic N) is 3. The van der Waals surface area contributed by atoms with Crippen LogP contribution >= 0.6 is 0 Å². The number of amides is 1. The third-order valence-corrected chi connectivity index (χ3v) is 2.99. The van der Waals surface area contributed by atoms with Crippen LogP contribution in [-0.2, 0) is 17.8 Å². The average Bonchev–Trinajstić information content (AvgIpc) is 2.64. The molecule has 0 aromatic carbocycles. The van der Waals surface area contributed by atoms with Crippen LogP contribution in [0.5, 0.6) is 0 Å². The number of aromatic nitrogens is 2. The highest BCUT2D eigenvalue weighted by Crippen LogP contribution is 2.18. The number of rotatable bonds is 1. The average molecular weight is 267 g/mol. The van der Waals surface area contributed by atoms with Gasteiger partial charge in [0.25, 0.3) is 0 Å². The molecule has 0 radical (unpaired) electrons. The Balaban J connectivity index is 2.15. The SMILES string of the molecule is CC(C)(C)OC(=O)N1Cc2cncn2C[C@H](CO)C1. The molecule has 1 amide bonds. The summed E-state index contributed by atoms with van der Waals surface area (Å²) in [5, 5.41) is 9.40. The number of fused-ring (bicyclic) bond motifs is 1. The van der Waals surface area contributed by atoms with Gasteiger partial charge in [-0.15, -0.1) is 0 Å². The van der Waals surface area contributed by atoms with Gasteiger partial charge in [-0.3, -0.25) is 0 Å². The van der Waals surface area contributed by atoms with Crippen LogP contribution in [-0.4, -0.2) is 44.4 Å². The first-order chi connectivity index (χ1) is 8.89. The van der Waals surface area contributed by atoms with Crippen molar-refractivity contribution >= 4 is 6.09 Å². The number of aliphatic hydroxyl groups excluding tert-OH is 1. The lowest BCUT2D eigenvalue weighted by molar-refractivity contribution is 0.0191. The first kappa shape index (κ1) is 13.9. The van der Waals surface area contributed by atoms with Crippen molar-refractivity contribution in [3.63, 3.8) is 0 Å². The van der Waals surface area contributed by atoms with E-state index in [0.717, 1.165) is 5.69 Å². The number of carbonyl (C=O) groups is 1. The van der Waals surface area contributed by atoms with E-state index in [2.05, 4.69) is 4.98 Å². The van der Waals surface area contributed by atoms with Crippen LogP contribution in [0.15, 0.2) is 12.5 Å². The van der Waals surface area contributed by atoms with Crippen molar-refractivity contribution in [1.29, 1.82) is 0 Å². The number of imidazole rings is 1. The Bertz CT molecular complexity index is 450. The minimum atomic E-state index is -0.516. The highest BCUT2D eigenvalue weighted by molar-refractivity contribution is 5.68. The summed E-state index contributed by atoms with van der Waals surface area (Å²) in [4.78, 5) is 17.9. The van der Waals surface area contributed by atoms with Gasteiger partial charge in [0, 0.05) is 31.8 Å².